The summed E-state index contributed by atoms with van der Waals surface area (Å²) in [6.07, 6.45) is 0. The maximum Gasteiger partial charge on any atom is 0.284 e. The quantitative estimate of drug-likeness (QED) is 0.741. The Balaban J connectivity index is 2.70. The van der Waals surface area contributed by atoms with Crippen LogP contribution in [0.2, 0.25) is 10.0 Å². The summed E-state index contributed by atoms with van der Waals surface area (Å²) in [5, 5.41) is 4.43. The lowest BCUT2D eigenvalue weighted by molar-refractivity contribution is 0.577. The highest BCUT2D eigenvalue weighted by atomic mass is 79.9. The fraction of sp³-hybridized carbons (Fsp3) is 0.182. The van der Waals surface area contributed by atoms with Crippen molar-refractivity contribution >= 4 is 49.2 Å². The van der Waals surface area contributed by atoms with Crippen LogP contribution in [0.15, 0.2) is 27.6 Å². The molecule has 8 heteroatoms. The number of benzene rings is 1. The van der Waals surface area contributed by atoms with Crippen LogP contribution < -0.4 is 0 Å². The third kappa shape index (κ3) is 2.67. The Morgan fingerprint density at radius 3 is 2.26 bits per heavy atom. The molecule has 0 atom stereocenters. The molecule has 0 bridgehead atoms. The molecule has 0 aliphatic carbocycles. The number of hydrogen-bond acceptors (Lipinski definition) is 3. The second-order valence-corrected chi connectivity index (χ2v) is 7.38. The van der Waals surface area contributed by atoms with Crippen molar-refractivity contribution in [2.24, 2.45) is 0 Å². The van der Waals surface area contributed by atoms with Crippen LogP contribution in [-0.4, -0.2) is 17.6 Å². The molecule has 2 aromatic rings. The van der Waals surface area contributed by atoms with Gasteiger partial charge in [-0.15, -0.1) is 0 Å². The zero-order chi connectivity index (χ0) is 14.4. The van der Waals surface area contributed by atoms with E-state index in [-0.39, 0.29) is 14.9 Å². The van der Waals surface area contributed by atoms with Gasteiger partial charge in [0, 0.05) is 4.47 Å². The molecule has 1 aromatic heterocycles. The molecule has 4 nitrogen and oxygen atoms in total. The molecule has 0 unspecified atom stereocenters. The van der Waals surface area contributed by atoms with E-state index in [1.165, 1.54) is 12.1 Å². The maximum atomic E-state index is 12.5. The molecular formula is C11H9BrCl2N2O2S. The van der Waals surface area contributed by atoms with Gasteiger partial charge in [0.1, 0.15) is 4.90 Å². The van der Waals surface area contributed by atoms with Crippen LogP contribution in [0.1, 0.15) is 11.4 Å². The smallest absolute Gasteiger partial charge is 0.199 e. The molecule has 0 spiro atoms. The second-order valence-electron chi connectivity index (χ2n) is 3.97. The molecule has 0 N–H and O–H groups in total. The van der Waals surface area contributed by atoms with Crippen molar-refractivity contribution in [3.8, 4) is 0 Å². The highest BCUT2D eigenvalue weighted by Gasteiger charge is 2.24. The Labute approximate surface area is 129 Å². The first kappa shape index (κ1) is 14.8. The van der Waals surface area contributed by atoms with Gasteiger partial charge in [0.15, 0.2) is 0 Å². The summed E-state index contributed by atoms with van der Waals surface area (Å²) in [6, 6.07) is 4.44. The standard InChI is InChI=1S/C11H9BrCl2N2O2S/c1-6-3-7(2)16(15-6)19(17,18)11-5-10(14)9(13)4-8(11)12/h3-5H,1-2H3. The second kappa shape index (κ2) is 5.09. The molecule has 2 rings (SSSR count). The topological polar surface area (TPSA) is 52.0 Å². The van der Waals surface area contributed by atoms with Crippen molar-refractivity contribution in [2.45, 2.75) is 18.7 Å². The summed E-state index contributed by atoms with van der Waals surface area (Å²) < 4.78 is 26.4. The van der Waals surface area contributed by atoms with Crippen LogP contribution in [0, 0.1) is 13.8 Å². The Morgan fingerprint density at radius 2 is 1.74 bits per heavy atom. The highest BCUT2D eigenvalue weighted by Crippen LogP contribution is 2.33. The summed E-state index contributed by atoms with van der Waals surface area (Å²) in [5.74, 6) is 0. The van der Waals surface area contributed by atoms with Gasteiger partial charge in [-0.05, 0) is 48.0 Å². The van der Waals surface area contributed by atoms with Gasteiger partial charge in [0.05, 0.1) is 21.4 Å². The number of aromatic nitrogens is 2. The zero-order valence-corrected chi connectivity index (χ0v) is 13.9. The normalized spacial score (nSPS) is 11.8. The van der Waals surface area contributed by atoms with Crippen LogP contribution >= 0.6 is 39.1 Å². The van der Waals surface area contributed by atoms with Gasteiger partial charge in [-0.1, -0.05) is 23.2 Å². The number of hydrogen-bond donors (Lipinski definition) is 0. The molecular weight excluding hydrogens is 375 g/mol. The van der Waals surface area contributed by atoms with Crippen molar-refractivity contribution in [2.75, 3.05) is 0 Å². The van der Waals surface area contributed by atoms with E-state index in [0.29, 0.717) is 15.9 Å². The van der Waals surface area contributed by atoms with E-state index in [0.717, 1.165) is 4.09 Å². The predicted molar refractivity (Wildman–Crippen MR) is 78.4 cm³/mol. The minimum absolute atomic E-state index is 0.0214. The third-order valence-corrected chi connectivity index (χ3v) is 5.81. The lowest BCUT2D eigenvalue weighted by Gasteiger charge is -2.09. The van der Waals surface area contributed by atoms with E-state index >= 15 is 0 Å². The summed E-state index contributed by atoms with van der Waals surface area (Å²) in [6.45, 7) is 3.39. The molecule has 0 amide bonds. The van der Waals surface area contributed by atoms with Crippen LogP contribution in [0.5, 0.6) is 0 Å². The summed E-state index contributed by atoms with van der Waals surface area (Å²) in [4.78, 5) is 0.0214. The Morgan fingerprint density at radius 1 is 1.16 bits per heavy atom. The van der Waals surface area contributed by atoms with Crippen LogP contribution in [0.3, 0.4) is 0 Å². The van der Waals surface area contributed by atoms with Crippen molar-refractivity contribution in [1.82, 2.24) is 9.19 Å². The third-order valence-electron chi connectivity index (χ3n) is 2.45. The number of nitrogens with zero attached hydrogens (tertiary/aromatic N) is 2. The van der Waals surface area contributed by atoms with E-state index in [1.807, 2.05) is 0 Å². The minimum Gasteiger partial charge on any atom is -0.199 e. The molecule has 0 saturated heterocycles. The fourth-order valence-corrected chi connectivity index (χ4v) is 4.55. The monoisotopic (exact) mass is 382 g/mol. The van der Waals surface area contributed by atoms with E-state index < -0.39 is 10.0 Å². The molecule has 0 saturated carbocycles. The van der Waals surface area contributed by atoms with Crippen LogP contribution in [0.4, 0.5) is 0 Å². The largest absolute Gasteiger partial charge is 0.284 e. The zero-order valence-electron chi connectivity index (χ0n) is 9.99. The average molecular weight is 384 g/mol. The average Bonchev–Trinajstić information content (AvgIpc) is 2.63. The fourth-order valence-electron chi connectivity index (χ4n) is 1.65. The van der Waals surface area contributed by atoms with Gasteiger partial charge in [-0.2, -0.15) is 17.6 Å². The van der Waals surface area contributed by atoms with Gasteiger partial charge in [0.2, 0.25) is 0 Å². The van der Waals surface area contributed by atoms with E-state index in [2.05, 4.69) is 21.0 Å². The van der Waals surface area contributed by atoms with E-state index in [4.69, 9.17) is 23.2 Å². The first-order chi connectivity index (χ1) is 8.73. The van der Waals surface area contributed by atoms with E-state index in [9.17, 15) is 8.42 Å². The van der Waals surface area contributed by atoms with Crippen molar-refractivity contribution < 1.29 is 8.42 Å². The van der Waals surface area contributed by atoms with Gasteiger partial charge < -0.3 is 0 Å². The summed E-state index contributed by atoms with van der Waals surface area (Å²) in [7, 11) is -3.80. The molecule has 0 aliphatic rings. The number of aryl methyl sites for hydroxylation is 2. The number of halogens is 3. The molecule has 102 valence electrons. The van der Waals surface area contributed by atoms with Crippen LogP contribution in [0.25, 0.3) is 0 Å². The lowest BCUT2D eigenvalue weighted by Crippen LogP contribution is -2.16. The number of rotatable bonds is 2. The Hall–Kier alpha value is -0.560. The van der Waals surface area contributed by atoms with Gasteiger partial charge in [-0.3, -0.25) is 0 Å². The van der Waals surface area contributed by atoms with Gasteiger partial charge in [-0.25, -0.2) is 0 Å². The lowest BCUT2D eigenvalue weighted by atomic mass is 10.4. The summed E-state index contributed by atoms with van der Waals surface area (Å²) >= 11 is 14.9. The minimum atomic E-state index is -3.80. The van der Waals surface area contributed by atoms with Crippen LogP contribution in [-0.2, 0) is 10.0 Å². The van der Waals surface area contributed by atoms with Gasteiger partial charge >= 0.3 is 0 Å². The summed E-state index contributed by atoms with van der Waals surface area (Å²) in [5.41, 5.74) is 1.15. The molecule has 0 fully saturated rings. The van der Waals surface area contributed by atoms with Gasteiger partial charge in [0.25, 0.3) is 10.0 Å². The maximum absolute atomic E-state index is 12.5. The van der Waals surface area contributed by atoms with E-state index in [1.54, 1.807) is 19.9 Å². The van der Waals surface area contributed by atoms with Crippen molar-refractivity contribution in [3.05, 3.63) is 44.1 Å². The SMILES string of the molecule is Cc1cc(C)n(S(=O)(=O)c2cc(Cl)c(Cl)cc2Br)n1. The molecule has 1 aromatic carbocycles. The molecule has 1 heterocycles. The van der Waals surface area contributed by atoms with Crippen molar-refractivity contribution in [1.29, 1.82) is 0 Å². The van der Waals surface area contributed by atoms with Crippen molar-refractivity contribution in [3.63, 3.8) is 0 Å². The highest BCUT2D eigenvalue weighted by molar-refractivity contribution is 9.10. The first-order valence-corrected chi connectivity index (χ1v) is 8.16. The predicted octanol–water partition coefficient (Wildman–Crippen LogP) is 3.81. The molecule has 0 aliphatic heterocycles. The molecule has 0 radical (unpaired) electrons. The first-order valence-electron chi connectivity index (χ1n) is 5.17. The Bertz CT molecular complexity index is 756. The molecule has 19 heavy (non-hydrogen) atoms. The Kier molecular flexibility index (Phi) is 3.97.